The van der Waals surface area contributed by atoms with Gasteiger partial charge in [0, 0.05) is 44.1 Å². The Labute approximate surface area is 179 Å². The van der Waals surface area contributed by atoms with Crippen molar-refractivity contribution in [2.75, 3.05) is 37.7 Å². The van der Waals surface area contributed by atoms with E-state index in [-0.39, 0.29) is 11.8 Å². The van der Waals surface area contributed by atoms with Crippen LogP contribution in [-0.4, -0.2) is 53.7 Å². The summed E-state index contributed by atoms with van der Waals surface area (Å²) in [6.45, 7) is 3.78. The predicted octanol–water partition coefficient (Wildman–Crippen LogP) is 3.37. The molecule has 0 radical (unpaired) electrons. The number of hydrogen-bond acceptors (Lipinski definition) is 5. The van der Waals surface area contributed by atoms with E-state index in [4.69, 9.17) is 16.3 Å². The van der Waals surface area contributed by atoms with Gasteiger partial charge >= 0.3 is 0 Å². The molecule has 8 heteroatoms. The highest BCUT2D eigenvalue weighted by Crippen LogP contribution is 2.32. The van der Waals surface area contributed by atoms with E-state index in [0.29, 0.717) is 23.0 Å². The van der Waals surface area contributed by atoms with Gasteiger partial charge in [-0.2, -0.15) is 0 Å². The molecule has 2 aliphatic heterocycles. The van der Waals surface area contributed by atoms with E-state index < -0.39 is 0 Å². The van der Waals surface area contributed by atoms with Gasteiger partial charge in [-0.05, 0) is 49.1 Å². The summed E-state index contributed by atoms with van der Waals surface area (Å²) in [4.78, 5) is 27.5. The van der Waals surface area contributed by atoms with Crippen LogP contribution in [0.3, 0.4) is 0 Å². The van der Waals surface area contributed by atoms with E-state index >= 15 is 0 Å². The zero-order chi connectivity index (χ0) is 20.5. The number of carbonyl (C=O) groups is 1. The second kappa shape index (κ2) is 8.24. The monoisotopic (exact) mass is 425 g/mol. The zero-order valence-electron chi connectivity index (χ0n) is 16.6. The normalized spacial score (nSPS) is 17.8. The molecule has 0 saturated carbocycles. The lowest BCUT2D eigenvalue weighted by Crippen LogP contribution is -2.47. The summed E-state index contributed by atoms with van der Waals surface area (Å²) in [7, 11) is 0. The first kappa shape index (κ1) is 19.3. The third-order valence-corrected chi connectivity index (χ3v) is 6.19. The van der Waals surface area contributed by atoms with Crippen LogP contribution in [0.25, 0.3) is 11.0 Å². The molecule has 156 valence electrons. The SMILES string of the molecule is O=C(NCC1CCOCC1)c1cccnc1N1CC(c2nc3cc(Cl)ccc3[nH]2)C1. The molecular formula is C22H24ClN5O2. The fraction of sp³-hybridized carbons (Fsp3) is 0.409. The third kappa shape index (κ3) is 3.87. The van der Waals surface area contributed by atoms with Crippen molar-refractivity contribution in [2.24, 2.45) is 5.92 Å². The van der Waals surface area contributed by atoms with Crippen LogP contribution in [0.15, 0.2) is 36.5 Å². The first-order valence-corrected chi connectivity index (χ1v) is 10.8. The lowest BCUT2D eigenvalue weighted by Gasteiger charge is -2.39. The lowest BCUT2D eigenvalue weighted by molar-refractivity contribution is 0.0642. The first-order chi connectivity index (χ1) is 14.7. The van der Waals surface area contributed by atoms with Crippen molar-refractivity contribution in [3.8, 4) is 0 Å². The Bertz CT molecular complexity index is 1060. The van der Waals surface area contributed by atoms with Crippen LogP contribution in [0.2, 0.25) is 5.02 Å². The minimum atomic E-state index is -0.0635. The molecule has 2 aliphatic rings. The number of fused-ring (bicyclic) bond motifs is 1. The molecule has 1 aromatic carbocycles. The summed E-state index contributed by atoms with van der Waals surface area (Å²) in [6, 6.07) is 9.33. The Kier molecular flexibility index (Phi) is 5.31. The highest BCUT2D eigenvalue weighted by atomic mass is 35.5. The van der Waals surface area contributed by atoms with Crippen molar-refractivity contribution in [3.05, 3.63) is 52.9 Å². The molecule has 3 aromatic rings. The van der Waals surface area contributed by atoms with Gasteiger partial charge in [-0.1, -0.05) is 11.6 Å². The largest absolute Gasteiger partial charge is 0.381 e. The topological polar surface area (TPSA) is 83.1 Å². The number of halogens is 1. The number of nitrogens with zero attached hydrogens (tertiary/aromatic N) is 3. The minimum Gasteiger partial charge on any atom is -0.381 e. The highest BCUT2D eigenvalue weighted by molar-refractivity contribution is 6.31. The second-order valence-corrected chi connectivity index (χ2v) is 8.46. The summed E-state index contributed by atoms with van der Waals surface area (Å²) in [5.74, 6) is 2.38. The van der Waals surface area contributed by atoms with Crippen molar-refractivity contribution in [3.63, 3.8) is 0 Å². The van der Waals surface area contributed by atoms with Crippen molar-refractivity contribution in [1.82, 2.24) is 20.3 Å². The summed E-state index contributed by atoms with van der Waals surface area (Å²) in [6.07, 6.45) is 3.73. The highest BCUT2D eigenvalue weighted by Gasteiger charge is 2.33. The Hall–Kier alpha value is -2.64. The predicted molar refractivity (Wildman–Crippen MR) is 116 cm³/mol. The maximum absolute atomic E-state index is 12.8. The maximum Gasteiger partial charge on any atom is 0.255 e. The molecule has 7 nitrogen and oxygen atoms in total. The molecule has 1 amide bonds. The maximum atomic E-state index is 12.8. The molecule has 0 atom stereocenters. The van der Waals surface area contributed by atoms with Crippen molar-refractivity contribution < 1.29 is 9.53 Å². The summed E-state index contributed by atoms with van der Waals surface area (Å²) in [5, 5.41) is 3.77. The van der Waals surface area contributed by atoms with Gasteiger partial charge in [-0.25, -0.2) is 9.97 Å². The molecule has 0 spiro atoms. The number of carbonyl (C=O) groups excluding carboxylic acids is 1. The van der Waals surface area contributed by atoms with Gasteiger partial charge < -0.3 is 19.9 Å². The fourth-order valence-electron chi connectivity index (χ4n) is 4.13. The quantitative estimate of drug-likeness (QED) is 0.654. The van der Waals surface area contributed by atoms with E-state index in [1.54, 1.807) is 6.20 Å². The lowest BCUT2D eigenvalue weighted by atomic mass is 9.98. The standard InChI is InChI=1S/C22H24ClN5O2/c23-16-3-4-18-19(10-16)27-20(26-18)15-12-28(13-15)21-17(2-1-7-24-21)22(29)25-11-14-5-8-30-9-6-14/h1-4,7,10,14-15H,5-6,8-9,11-13H2,(H,25,29)(H,26,27). The number of rotatable bonds is 5. The van der Waals surface area contributed by atoms with Crippen LogP contribution in [0, 0.1) is 5.92 Å². The number of aromatic amines is 1. The van der Waals surface area contributed by atoms with Gasteiger partial charge in [-0.3, -0.25) is 4.79 Å². The van der Waals surface area contributed by atoms with Crippen molar-refractivity contribution in [2.45, 2.75) is 18.8 Å². The minimum absolute atomic E-state index is 0.0635. The van der Waals surface area contributed by atoms with Crippen LogP contribution >= 0.6 is 11.6 Å². The average molecular weight is 426 g/mol. The smallest absolute Gasteiger partial charge is 0.255 e. The summed E-state index contributed by atoms with van der Waals surface area (Å²) in [5.41, 5.74) is 2.49. The van der Waals surface area contributed by atoms with Gasteiger partial charge in [0.15, 0.2) is 0 Å². The summed E-state index contributed by atoms with van der Waals surface area (Å²) < 4.78 is 5.39. The number of benzene rings is 1. The summed E-state index contributed by atoms with van der Waals surface area (Å²) >= 11 is 6.07. The zero-order valence-corrected chi connectivity index (χ0v) is 17.4. The number of hydrogen-bond donors (Lipinski definition) is 2. The van der Waals surface area contributed by atoms with E-state index in [9.17, 15) is 4.79 Å². The molecular weight excluding hydrogens is 402 g/mol. The average Bonchev–Trinajstić information content (AvgIpc) is 3.14. The van der Waals surface area contributed by atoms with Gasteiger partial charge in [0.25, 0.3) is 5.91 Å². The van der Waals surface area contributed by atoms with Crippen LogP contribution in [0.5, 0.6) is 0 Å². The number of amides is 1. The third-order valence-electron chi connectivity index (χ3n) is 5.95. The van der Waals surface area contributed by atoms with Crippen LogP contribution in [-0.2, 0) is 4.74 Å². The molecule has 2 aromatic heterocycles. The van der Waals surface area contributed by atoms with Gasteiger partial charge in [0.2, 0.25) is 0 Å². The Morgan fingerprint density at radius 2 is 2.10 bits per heavy atom. The number of anilines is 1. The molecule has 0 unspecified atom stereocenters. The number of imidazole rings is 1. The Morgan fingerprint density at radius 3 is 2.93 bits per heavy atom. The van der Waals surface area contributed by atoms with Crippen LogP contribution in [0.1, 0.15) is 34.9 Å². The van der Waals surface area contributed by atoms with E-state index in [1.165, 1.54) is 0 Å². The molecule has 2 fully saturated rings. The molecule has 0 aliphatic carbocycles. The van der Waals surface area contributed by atoms with Gasteiger partial charge in [0.1, 0.15) is 11.6 Å². The van der Waals surface area contributed by atoms with E-state index in [2.05, 4.69) is 25.2 Å². The number of H-pyrrole nitrogens is 1. The fourth-order valence-corrected chi connectivity index (χ4v) is 4.29. The number of pyridine rings is 1. The van der Waals surface area contributed by atoms with Crippen LogP contribution in [0.4, 0.5) is 5.82 Å². The first-order valence-electron chi connectivity index (χ1n) is 10.4. The number of aromatic nitrogens is 3. The Morgan fingerprint density at radius 1 is 1.27 bits per heavy atom. The van der Waals surface area contributed by atoms with Crippen LogP contribution < -0.4 is 10.2 Å². The Balaban J connectivity index is 1.25. The van der Waals surface area contributed by atoms with E-state index in [1.807, 2.05) is 30.3 Å². The van der Waals surface area contributed by atoms with Gasteiger partial charge in [0.05, 0.1) is 22.5 Å². The van der Waals surface area contributed by atoms with Crippen molar-refractivity contribution >= 4 is 34.4 Å². The molecule has 2 saturated heterocycles. The molecule has 2 N–H and O–H groups in total. The molecule has 4 heterocycles. The second-order valence-electron chi connectivity index (χ2n) is 8.03. The van der Waals surface area contributed by atoms with Gasteiger partial charge in [-0.15, -0.1) is 0 Å². The molecule has 5 rings (SSSR count). The molecule has 0 bridgehead atoms. The number of nitrogens with one attached hydrogen (secondary N) is 2. The van der Waals surface area contributed by atoms with Crippen molar-refractivity contribution in [1.29, 1.82) is 0 Å². The number of ether oxygens (including phenoxy) is 1. The molecule has 30 heavy (non-hydrogen) atoms. The van der Waals surface area contributed by atoms with E-state index in [0.717, 1.165) is 61.8 Å².